The molecule has 0 aliphatic carbocycles. The highest BCUT2D eigenvalue weighted by Crippen LogP contribution is 2.39. The highest BCUT2D eigenvalue weighted by Gasteiger charge is 2.55. The summed E-state index contributed by atoms with van der Waals surface area (Å²) >= 11 is 5.86. The molecule has 0 N–H and O–H groups in total. The lowest BCUT2D eigenvalue weighted by Crippen LogP contribution is -2.39. The molecule has 0 radical (unpaired) electrons. The summed E-state index contributed by atoms with van der Waals surface area (Å²) in [5.41, 5.74) is 1.45. The standard InChI is InChI=1S/C22H23ClO6/c1-22(2)28-19-18(25-12-14-6-4-3-5-7-14)17(27-21(19)29-22)13-26-20(24)15-8-10-16(23)11-9-15/h3-11,17-19,21H,12-13H2,1-2H3/t17-,18-,19-,21-/m0/s1. The average molecular weight is 419 g/mol. The van der Waals surface area contributed by atoms with E-state index in [2.05, 4.69) is 0 Å². The van der Waals surface area contributed by atoms with Gasteiger partial charge < -0.3 is 23.7 Å². The summed E-state index contributed by atoms with van der Waals surface area (Å²) in [6, 6.07) is 16.4. The Morgan fingerprint density at radius 2 is 1.79 bits per heavy atom. The fourth-order valence-corrected chi connectivity index (χ4v) is 3.60. The molecular weight excluding hydrogens is 396 g/mol. The van der Waals surface area contributed by atoms with E-state index in [1.165, 1.54) is 0 Å². The van der Waals surface area contributed by atoms with E-state index in [0.717, 1.165) is 5.56 Å². The predicted octanol–water partition coefficient (Wildman–Crippen LogP) is 3.96. The Hall–Kier alpha value is -1.96. The van der Waals surface area contributed by atoms with Crippen molar-refractivity contribution in [3.05, 3.63) is 70.7 Å². The molecule has 154 valence electrons. The molecule has 2 aromatic rings. The van der Waals surface area contributed by atoms with Crippen LogP contribution in [0.2, 0.25) is 5.02 Å². The number of fused-ring (bicyclic) bond motifs is 1. The molecule has 0 spiro atoms. The molecule has 2 aliphatic heterocycles. The number of carbonyl (C=O) groups excluding carboxylic acids is 1. The van der Waals surface area contributed by atoms with Crippen molar-refractivity contribution in [2.24, 2.45) is 0 Å². The molecule has 0 unspecified atom stereocenters. The van der Waals surface area contributed by atoms with Gasteiger partial charge in [0.25, 0.3) is 0 Å². The number of esters is 1. The number of hydrogen-bond acceptors (Lipinski definition) is 6. The predicted molar refractivity (Wildman–Crippen MR) is 105 cm³/mol. The first-order valence-electron chi connectivity index (χ1n) is 9.51. The molecular formula is C22H23ClO6. The Bertz CT molecular complexity index is 838. The molecule has 0 saturated carbocycles. The van der Waals surface area contributed by atoms with Crippen LogP contribution in [0.25, 0.3) is 0 Å². The van der Waals surface area contributed by atoms with Crippen molar-refractivity contribution in [3.63, 3.8) is 0 Å². The third kappa shape index (κ3) is 4.79. The fourth-order valence-electron chi connectivity index (χ4n) is 3.48. The van der Waals surface area contributed by atoms with Crippen molar-refractivity contribution in [1.82, 2.24) is 0 Å². The van der Waals surface area contributed by atoms with E-state index in [1.807, 2.05) is 44.2 Å². The van der Waals surface area contributed by atoms with Crippen molar-refractivity contribution >= 4 is 17.6 Å². The van der Waals surface area contributed by atoms with Crippen LogP contribution < -0.4 is 0 Å². The van der Waals surface area contributed by atoms with Gasteiger partial charge in [-0.1, -0.05) is 41.9 Å². The second-order valence-electron chi connectivity index (χ2n) is 7.51. The Morgan fingerprint density at radius 3 is 2.52 bits per heavy atom. The largest absolute Gasteiger partial charge is 0.459 e. The zero-order chi connectivity index (χ0) is 20.4. The van der Waals surface area contributed by atoms with Gasteiger partial charge in [0.2, 0.25) is 0 Å². The zero-order valence-corrected chi connectivity index (χ0v) is 17.0. The normalized spacial score (nSPS) is 27.6. The van der Waals surface area contributed by atoms with Gasteiger partial charge in [0.1, 0.15) is 24.9 Å². The van der Waals surface area contributed by atoms with Crippen LogP contribution in [0.1, 0.15) is 29.8 Å². The van der Waals surface area contributed by atoms with Crippen LogP contribution in [-0.4, -0.2) is 43.0 Å². The van der Waals surface area contributed by atoms with Crippen LogP contribution in [-0.2, 0) is 30.3 Å². The minimum absolute atomic E-state index is 0.0288. The number of carbonyl (C=O) groups is 1. The van der Waals surface area contributed by atoms with Crippen LogP contribution >= 0.6 is 11.6 Å². The Kier molecular flexibility index (Phi) is 5.90. The van der Waals surface area contributed by atoms with Crippen LogP contribution in [0.4, 0.5) is 0 Å². The lowest BCUT2D eigenvalue weighted by atomic mass is 10.1. The summed E-state index contributed by atoms with van der Waals surface area (Å²) in [5, 5.41) is 0.555. The van der Waals surface area contributed by atoms with Gasteiger partial charge in [-0.25, -0.2) is 4.79 Å². The monoisotopic (exact) mass is 418 g/mol. The SMILES string of the molecule is CC1(C)O[C@@H]2O[C@@H](COC(=O)c3ccc(Cl)cc3)[C@H](OCc3ccccc3)[C@@H]2O1. The van der Waals surface area contributed by atoms with E-state index in [0.29, 0.717) is 17.2 Å². The summed E-state index contributed by atoms with van der Waals surface area (Å²) in [4.78, 5) is 12.3. The molecule has 4 atom stereocenters. The number of hydrogen-bond donors (Lipinski definition) is 0. The molecule has 0 bridgehead atoms. The van der Waals surface area contributed by atoms with E-state index in [9.17, 15) is 4.79 Å². The fraction of sp³-hybridized carbons (Fsp3) is 0.409. The lowest BCUT2D eigenvalue weighted by molar-refractivity contribution is -0.222. The summed E-state index contributed by atoms with van der Waals surface area (Å²) in [5.74, 6) is -1.21. The van der Waals surface area contributed by atoms with Gasteiger partial charge >= 0.3 is 5.97 Å². The van der Waals surface area contributed by atoms with Gasteiger partial charge in [-0.05, 0) is 43.7 Å². The summed E-state index contributed by atoms with van der Waals surface area (Å²) in [6.45, 7) is 4.08. The van der Waals surface area contributed by atoms with Crippen molar-refractivity contribution in [2.75, 3.05) is 6.61 Å². The van der Waals surface area contributed by atoms with E-state index >= 15 is 0 Å². The van der Waals surface area contributed by atoms with Crippen LogP contribution in [0.5, 0.6) is 0 Å². The van der Waals surface area contributed by atoms with Gasteiger partial charge in [0.15, 0.2) is 12.1 Å². The summed E-state index contributed by atoms with van der Waals surface area (Å²) < 4.78 is 29.3. The molecule has 29 heavy (non-hydrogen) atoms. The molecule has 0 aromatic heterocycles. The van der Waals surface area contributed by atoms with Gasteiger partial charge in [0, 0.05) is 5.02 Å². The van der Waals surface area contributed by atoms with Gasteiger partial charge in [-0.3, -0.25) is 0 Å². The van der Waals surface area contributed by atoms with Crippen molar-refractivity contribution in [2.45, 2.75) is 50.8 Å². The first kappa shape index (κ1) is 20.3. The average Bonchev–Trinajstić information content (AvgIpc) is 3.17. The second-order valence-corrected chi connectivity index (χ2v) is 7.95. The molecule has 2 aliphatic rings. The molecule has 2 aromatic carbocycles. The van der Waals surface area contributed by atoms with Gasteiger partial charge in [-0.2, -0.15) is 0 Å². The Labute approximate surface area is 174 Å². The molecule has 0 amide bonds. The zero-order valence-electron chi connectivity index (χ0n) is 16.2. The maximum atomic E-state index is 12.3. The third-order valence-corrected chi connectivity index (χ3v) is 5.08. The van der Waals surface area contributed by atoms with E-state index in [-0.39, 0.29) is 6.61 Å². The summed E-state index contributed by atoms with van der Waals surface area (Å²) in [6.07, 6.45) is -1.89. The number of ether oxygens (including phenoxy) is 5. The van der Waals surface area contributed by atoms with Crippen molar-refractivity contribution in [1.29, 1.82) is 0 Å². The number of rotatable bonds is 6. The first-order valence-corrected chi connectivity index (χ1v) is 9.88. The lowest BCUT2D eigenvalue weighted by Gasteiger charge is -2.25. The van der Waals surface area contributed by atoms with E-state index < -0.39 is 36.4 Å². The molecule has 2 heterocycles. The second kappa shape index (κ2) is 8.42. The highest BCUT2D eigenvalue weighted by atomic mass is 35.5. The number of benzene rings is 2. The van der Waals surface area contributed by atoms with Crippen LogP contribution in [0.15, 0.2) is 54.6 Å². The molecule has 7 heteroatoms. The van der Waals surface area contributed by atoms with Crippen molar-refractivity contribution in [3.8, 4) is 0 Å². The van der Waals surface area contributed by atoms with Crippen LogP contribution in [0, 0.1) is 0 Å². The molecule has 2 saturated heterocycles. The van der Waals surface area contributed by atoms with Crippen molar-refractivity contribution < 1.29 is 28.5 Å². The molecule has 2 fully saturated rings. The smallest absolute Gasteiger partial charge is 0.338 e. The van der Waals surface area contributed by atoms with E-state index in [4.69, 9.17) is 35.3 Å². The Balaban J connectivity index is 1.41. The minimum Gasteiger partial charge on any atom is -0.459 e. The topological polar surface area (TPSA) is 63.2 Å². The minimum atomic E-state index is -0.755. The summed E-state index contributed by atoms with van der Waals surface area (Å²) in [7, 11) is 0. The Morgan fingerprint density at radius 1 is 1.07 bits per heavy atom. The quantitative estimate of drug-likeness (QED) is 0.662. The maximum Gasteiger partial charge on any atom is 0.338 e. The number of halogens is 1. The first-order chi connectivity index (χ1) is 13.9. The maximum absolute atomic E-state index is 12.3. The van der Waals surface area contributed by atoms with Gasteiger partial charge in [-0.15, -0.1) is 0 Å². The third-order valence-electron chi connectivity index (χ3n) is 4.83. The molecule has 6 nitrogen and oxygen atoms in total. The van der Waals surface area contributed by atoms with Crippen LogP contribution in [0.3, 0.4) is 0 Å². The van der Waals surface area contributed by atoms with E-state index in [1.54, 1.807) is 24.3 Å². The molecule has 4 rings (SSSR count). The van der Waals surface area contributed by atoms with Gasteiger partial charge in [0.05, 0.1) is 12.2 Å². The highest BCUT2D eigenvalue weighted by molar-refractivity contribution is 6.30.